The van der Waals surface area contributed by atoms with Crippen LogP contribution in [0.3, 0.4) is 0 Å². The monoisotopic (exact) mass is 314 g/mol. The van der Waals surface area contributed by atoms with Crippen LogP contribution < -0.4 is 5.32 Å². The number of phenolic OH excluding ortho intramolecular Hbond substituents is 1. The number of rotatable bonds is 3. The molecule has 5 nitrogen and oxygen atoms in total. The van der Waals surface area contributed by atoms with Crippen molar-refractivity contribution in [3.63, 3.8) is 0 Å². The molecule has 6 heteroatoms. The molecular weight excluding hydrogens is 304 g/mol. The van der Waals surface area contributed by atoms with Crippen LogP contribution in [0.25, 0.3) is 11.3 Å². The predicted octanol–water partition coefficient (Wildman–Crippen LogP) is 3.95. The number of nitrogens with zero attached hydrogens (tertiary/aromatic N) is 1. The molecule has 0 fully saturated rings. The molecule has 0 radical (unpaired) electrons. The van der Waals surface area contributed by atoms with Gasteiger partial charge in [0.15, 0.2) is 11.5 Å². The topological polar surface area (TPSA) is 75.4 Å². The minimum atomic E-state index is -0.393. The van der Waals surface area contributed by atoms with E-state index in [1.165, 1.54) is 18.2 Å². The van der Waals surface area contributed by atoms with E-state index in [1.54, 1.807) is 36.4 Å². The predicted molar refractivity (Wildman–Crippen MR) is 83.0 cm³/mol. The van der Waals surface area contributed by atoms with Gasteiger partial charge in [0, 0.05) is 22.3 Å². The summed E-state index contributed by atoms with van der Waals surface area (Å²) in [6.45, 7) is 0. The first kappa shape index (κ1) is 14.2. The van der Waals surface area contributed by atoms with Crippen LogP contribution >= 0.6 is 11.6 Å². The molecule has 1 amide bonds. The third kappa shape index (κ3) is 3.10. The number of anilines is 1. The lowest BCUT2D eigenvalue weighted by Crippen LogP contribution is -2.11. The molecule has 0 spiro atoms. The Kier molecular flexibility index (Phi) is 3.80. The lowest BCUT2D eigenvalue weighted by atomic mass is 10.1. The number of aromatic nitrogens is 1. The van der Waals surface area contributed by atoms with Gasteiger partial charge in [-0.05, 0) is 42.5 Å². The van der Waals surface area contributed by atoms with Crippen molar-refractivity contribution in [3.8, 4) is 17.1 Å². The van der Waals surface area contributed by atoms with Crippen LogP contribution in [-0.2, 0) is 0 Å². The zero-order valence-electron chi connectivity index (χ0n) is 11.3. The second-order valence-electron chi connectivity index (χ2n) is 4.59. The number of aromatic hydroxyl groups is 1. The fraction of sp³-hybridized carbons (Fsp3) is 0. The van der Waals surface area contributed by atoms with Gasteiger partial charge in [-0.2, -0.15) is 0 Å². The van der Waals surface area contributed by atoms with Crippen LogP contribution in [0.1, 0.15) is 10.5 Å². The standard InChI is InChI=1S/C16H11ClN2O3/c17-11-2-1-3-12(8-11)18-16(21)14-9-15(22-19-14)10-4-6-13(20)7-5-10/h1-9,20H,(H,18,21). The first-order chi connectivity index (χ1) is 10.6. The molecule has 110 valence electrons. The van der Waals surface area contributed by atoms with Gasteiger partial charge in [0.1, 0.15) is 5.75 Å². The zero-order chi connectivity index (χ0) is 15.5. The molecule has 2 N–H and O–H groups in total. The molecule has 0 aliphatic carbocycles. The number of benzene rings is 2. The average Bonchev–Trinajstić information content (AvgIpc) is 2.98. The van der Waals surface area contributed by atoms with E-state index in [2.05, 4.69) is 10.5 Å². The Morgan fingerprint density at radius 1 is 1.14 bits per heavy atom. The maximum Gasteiger partial charge on any atom is 0.277 e. The molecule has 1 aromatic heterocycles. The van der Waals surface area contributed by atoms with Gasteiger partial charge >= 0.3 is 0 Å². The third-order valence-electron chi connectivity index (χ3n) is 2.98. The van der Waals surface area contributed by atoms with Gasteiger partial charge in [0.05, 0.1) is 0 Å². The Morgan fingerprint density at radius 2 is 1.91 bits per heavy atom. The van der Waals surface area contributed by atoms with Crippen LogP contribution in [0.2, 0.25) is 5.02 Å². The number of hydrogen-bond acceptors (Lipinski definition) is 4. The quantitative estimate of drug-likeness (QED) is 0.767. The fourth-order valence-electron chi connectivity index (χ4n) is 1.91. The Hall–Kier alpha value is -2.79. The summed E-state index contributed by atoms with van der Waals surface area (Å²) in [5.74, 6) is 0.203. The minimum absolute atomic E-state index is 0.155. The second-order valence-corrected chi connectivity index (χ2v) is 5.02. The largest absolute Gasteiger partial charge is 0.508 e. The normalized spacial score (nSPS) is 10.4. The Bertz CT molecular complexity index is 812. The molecular formula is C16H11ClN2O3. The summed E-state index contributed by atoms with van der Waals surface area (Å²) < 4.78 is 5.15. The molecule has 0 unspecified atom stereocenters. The van der Waals surface area contributed by atoms with Crippen LogP contribution in [0.15, 0.2) is 59.1 Å². The summed E-state index contributed by atoms with van der Waals surface area (Å²) in [7, 11) is 0. The van der Waals surface area contributed by atoms with Crippen molar-refractivity contribution in [1.29, 1.82) is 0 Å². The van der Waals surface area contributed by atoms with Gasteiger partial charge in [0.25, 0.3) is 5.91 Å². The van der Waals surface area contributed by atoms with Crippen molar-refractivity contribution in [1.82, 2.24) is 5.16 Å². The maximum atomic E-state index is 12.1. The molecule has 0 atom stereocenters. The number of halogens is 1. The van der Waals surface area contributed by atoms with Gasteiger partial charge in [0.2, 0.25) is 0 Å². The summed E-state index contributed by atoms with van der Waals surface area (Å²) in [5, 5.41) is 16.2. The first-order valence-electron chi connectivity index (χ1n) is 6.45. The molecule has 3 aromatic rings. The average molecular weight is 315 g/mol. The van der Waals surface area contributed by atoms with Crippen molar-refractivity contribution in [3.05, 3.63) is 65.3 Å². The van der Waals surface area contributed by atoms with Gasteiger partial charge in [-0.3, -0.25) is 4.79 Å². The van der Waals surface area contributed by atoms with Gasteiger partial charge in [-0.25, -0.2) is 0 Å². The Labute approximate surface area is 131 Å². The first-order valence-corrected chi connectivity index (χ1v) is 6.83. The maximum absolute atomic E-state index is 12.1. The minimum Gasteiger partial charge on any atom is -0.508 e. The zero-order valence-corrected chi connectivity index (χ0v) is 12.0. The number of phenols is 1. The molecule has 0 aliphatic rings. The fourth-order valence-corrected chi connectivity index (χ4v) is 2.10. The number of carbonyl (C=O) groups is 1. The van der Waals surface area contributed by atoms with Crippen molar-refractivity contribution in [2.75, 3.05) is 5.32 Å². The summed E-state index contributed by atoms with van der Waals surface area (Å²) in [5.41, 5.74) is 1.45. The molecule has 0 bridgehead atoms. The highest BCUT2D eigenvalue weighted by molar-refractivity contribution is 6.30. The van der Waals surface area contributed by atoms with Gasteiger partial charge in [-0.1, -0.05) is 22.8 Å². The number of nitrogens with one attached hydrogen (secondary N) is 1. The molecule has 0 saturated carbocycles. The molecule has 0 aliphatic heterocycles. The highest BCUT2D eigenvalue weighted by Gasteiger charge is 2.14. The van der Waals surface area contributed by atoms with Gasteiger partial charge in [-0.15, -0.1) is 0 Å². The van der Waals surface area contributed by atoms with Crippen LogP contribution in [0.5, 0.6) is 5.75 Å². The van der Waals surface area contributed by atoms with Crippen molar-refractivity contribution in [2.24, 2.45) is 0 Å². The van der Waals surface area contributed by atoms with E-state index < -0.39 is 5.91 Å². The summed E-state index contributed by atoms with van der Waals surface area (Å²) >= 11 is 5.87. The highest BCUT2D eigenvalue weighted by Crippen LogP contribution is 2.23. The third-order valence-corrected chi connectivity index (χ3v) is 3.21. The molecule has 22 heavy (non-hydrogen) atoms. The van der Waals surface area contributed by atoms with E-state index in [4.69, 9.17) is 16.1 Å². The van der Waals surface area contributed by atoms with E-state index in [0.29, 0.717) is 22.0 Å². The molecule has 2 aromatic carbocycles. The highest BCUT2D eigenvalue weighted by atomic mass is 35.5. The number of amides is 1. The molecule has 3 rings (SSSR count). The summed E-state index contributed by atoms with van der Waals surface area (Å²) in [4.78, 5) is 12.1. The van der Waals surface area contributed by atoms with E-state index in [-0.39, 0.29) is 11.4 Å². The van der Waals surface area contributed by atoms with Crippen LogP contribution in [0.4, 0.5) is 5.69 Å². The Morgan fingerprint density at radius 3 is 2.64 bits per heavy atom. The second kappa shape index (κ2) is 5.91. The van der Waals surface area contributed by atoms with E-state index >= 15 is 0 Å². The van der Waals surface area contributed by atoms with Crippen LogP contribution in [-0.4, -0.2) is 16.2 Å². The van der Waals surface area contributed by atoms with Crippen LogP contribution in [0, 0.1) is 0 Å². The number of carbonyl (C=O) groups excluding carboxylic acids is 1. The molecule has 1 heterocycles. The SMILES string of the molecule is O=C(Nc1cccc(Cl)c1)c1cc(-c2ccc(O)cc2)on1. The van der Waals surface area contributed by atoms with Crippen molar-refractivity contribution < 1.29 is 14.4 Å². The van der Waals surface area contributed by atoms with Gasteiger partial charge < -0.3 is 14.9 Å². The lowest BCUT2D eigenvalue weighted by Gasteiger charge is -2.02. The Balaban J connectivity index is 1.78. The van der Waals surface area contributed by atoms with E-state index in [0.717, 1.165) is 0 Å². The molecule has 0 saturated heterocycles. The van der Waals surface area contributed by atoms with Crippen molar-refractivity contribution >= 4 is 23.2 Å². The smallest absolute Gasteiger partial charge is 0.277 e. The summed E-state index contributed by atoms with van der Waals surface area (Å²) in [6.07, 6.45) is 0. The van der Waals surface area contributed by atoms with E-state index in [1.807, 2.05) is 0 Å². The lowest BCUT2D eigenvalue weighted by molar-refractivity contribution is 0.101. The number of hydrogen-bond donors (Lipinski definition) is 2. The van der Waals surface area contributed by atoms with E-state index in [9.17, 15) is 9.90 Å². The van der Waals surface area contributed by atoms with Crippen molar-refractivity contribution in [2.45, 2.75) is 0 Å². The summed E-state index contributed by atoms with van der Waals surface area (Å²) in [6, 6.07) is 14.8.